The number of rotatable bonds is 2. The second kappa shape index (κ2) is 9.09. The molecule has 12 heavy (non-hydrogen) atoms. The van der Waals surface area contributed by atoms with Crippen molar-refractivity contribution in [3.05, 3.63) is 0 Å². The average Bonchev–Trinajstić information content (AvgIpc) is 2.54. The molecule has 2 unspecified atom stereocenters. The molecule has 0 amide bonds. The molecule has 1 aliphatic carbocycles. The zero-order valence-corrected chi connectivity index (χ0v) is 8.69. The predicted octanol–water partition coefficient (Wildman–Crippen LogP) is 4.89. The molecule has 0 heteroatoms. The molecule has 0 saturated heterocycles. The topological polar surface area (TPSA) is 0 Å². The maximum atomic E-state index is 2.33. The van der Waals surface area contributed by atoms with Crippen LogP contribution in [0, 0.1) is 11.8 Å². The zero-order chi connectivity index (χ0) is 8.69. The quantitative estimate of drug-likeness (QED) is 0.556. The maximum absolute atomic E-state index is 2.33. The van der Waals surface area contributed by atoms with Gasteiger partial charge in [-0.25, -0.2) is 0 Å². The highest BCUT2D eigenvalue weighted by Crippen LogP contribution is 2.35. The Balaban J connectivity index is 0. The second-order valence-electron chi connectivity index (χ2n) is 3.27. The predicted molar refractivity (Wildman–Crippen MR) is 59.5 cm³/mol. The van der Waals surface area contributed by atoms with E-state index in [1.54, 1.807) is 0 Å². The third kappa shape index (κ3) is 4.13. The van der Waals surface area contributed by atoms with Crippen molar-refractivity contribution in [3.63, 3.8) is 0 Å². The van der Waals surface area contributed by atoms with Crippen LogP contribution in [-0.2, 0) is 0 Å². The van der Waals surface area contributed by atoms with Crippen LogP contribution in [0.15, 0.2) is 0 Å². The van der Waals surface area contributed by atoms with Crippen LogP contribution in [0.3, 0.4) is 0 Å². The largest absolute Gasteiger partial charge is 0.0776 e. The van der Waals surface area contributed by atoms with E-state index in [0.29, 0.717) is 0 Å². The fourth-order valence-electron chi connectivity index (χ4n) is 2.19. The summed E-state index contributed by atoms with van der Waals surface area (Å²) in [5, 5.41) is 0. The molecular formula is C12H28. The summed E-state index contributed by atoms with van der Waals surface area (Å²) in [6.45, 7) is 8.66. The highest BCUT2D eigenvalue weighted by atomic mass is 14.3. The van der Waals surface area contributed by atoms with Gasteiger partial charge in [0.05, 0.1) is 0 Å². The van der Waals surface area contributed by atoms with Gasteiger partial charge in [0.15, 0.2) is 0 Å². The van der Waals surface area contributed by atoms with E-state index in [0.717, 1.165) is 11.8 Å². The molecule has 0 aromatic rings. The molecule has 1 rings (SSSR count). The van der Waals surface area contributed by atoms with Gasteiger partial charge in [0, 0.05) is 0 Å². The Morgan fingerprint density at radius 2 is 1.25 bits per heavy atom. The van der Waals surface area contributed by atoms with Gasteiger partial charge in [-0.2, -0.15) is 0 Å². The lowest BCUT2D eigenvalue weighted by atomic mass is 9.92. The fraction of sp³-hybridized carbons (Fsp3) is 1.00. The first-order chi connectivity index (χ1) is 5.38. The van der Waals surface area contributed by atoms with Crippen molar-refractivity contribution in [1.29, 1.82) is 0 Å². The van der Waals surface area contributed by atoms with E-state index in [-0.39, 0.29) is 7.43 Å². The summed E-state index contributed by atoms with van der Waals surface area (Å²) in [4.78, 5) is 0. The normalized spacial score (nSPS) is 27.0. The molecule has 0 spiro atoms. The van der Waals surface area contributed by atoms with Crippen LogP contribution >= 0.6 is 0 Å². The maximum Gasteiger partial charge on any atom is -0.0389 e. The minimum absolute atomic E-state index is 0. The Hall–Kier alpha value is 0. The van der Waals surface area contributed by atoms with Crippen LogP contribution < -0.4 is 0 Å². The lowest BCUT2D eigenvalue weighted by molar-refractivity contribution is 0.367. The first-order valence-electron chi connectivity index (χ1n) is 5.38. The minimum atomic E-state index is 0. The first kappa shape index (κ1) is 14.5. The van der Waals surface area contributed by atoms with Gasteiger partial charge in [0.2, 0.25) is 0 Å². The summed E-state index contributed by atoms with van der Waals surface area (Å²) in [5.74, 6) is 2.16. The molecule has 1 aliphatic rings. The summed E-state index contributed by atoms with van der Waals surface area (Å²) in [7, 11) is 0. The van der Waals surface area contributed by atoms with E-state index in [1.807, 2.05) is 13.8 Å². The van der Waals surface area contributed by atoms with Crippen LogP contribution in [0.4, 0.5) is 0 Å². The Labute approximate surface area is 79.8 Å². The summed E-state index contributed by atoms with van der Waals surface area (Å²) in [6.07, 6.45) is 7.35. The van der Waals surface area contributed by atoms with Gasteiger partial charge >= 0.3 is 0 Å². The van der Waals surface area contributed by atoms with E-state index >= 15 is 0 Å². The summed E-state index contributed by atoms with van der Waals surface area (Å²) >= 11 is 0. The Kier molecular flexibility index (Phi) is 11.0. The third-order valence-electron chi connectivity index (χ3n) is 2.87. The SMILES string of the molecule is C.CC.CCC1CCCC1CC. The first-order valence-corrected chi connectivity index (χ1v) is 5.38. The van der Waals surface area contributed by atoms with Crippen LogP contribution in [-0.4, -0.2) is 0 Å². The van der Waals surface area contributed by atoms with Crippen LogP contribution in [0.25, 0.3) is 0 Å². The minimum Gasteiger partial charge on any atom is -0.0776 e. The molecule has 76 valence electrons. The van der Waals surface area contributed by atoms with Crippen molar-refractivity contribution < 1.29 is 0 Å². The van der Waals surface area contributed by atoms with E-state index in [1.165, 1.54) is 32.1 Å². The van der Waals surface area contributed by atoms with Crippen molar-refractivity contribution in [2.45, 2.75) is 67.2 Å². The molecule has 0 nitrogen and oxygen atoms in total. The van der Waals surface area contributed by atoms with Gasteiger partial charge < -0.3 is 0 Å². The molecule has 1 fully saturated rings. The molecule has 0 N–H and O–H groups in total. The Morgan fingerprint density at radius 1 is 0.917 bits per heavy atom. The monoisotopic (exact) mass is 172 g/mol. The van der Waals surface area contributed by atoms with Crippen molar-refractivity contribution in [3.8, 4) is 0 Å². The lowest BCUT2D eigenvalue weighted by Crippen LogP contribution is -2.04. The summed E-state index contributed by atoms with van der Waals surface area (Å²) in [5.41, 5.74) is 0. The van der Waals surface area contributed by atoms with Crippen molar-refractivity contribution in [2.75, 3.05) is 0 Å². The lowest BCUT2D eigenvalue weighted by Gasteiger charge is -2.14. The van der Waals surface area contributed by atoms with Crippen molar-refractivity contribution in [1.82, 2.24) is 0 Å². The standard InChI is InChI=1S/C9H18.C2H6.CH4/c1-3-8-6-5-7-9(8)4-2;1-2;/h8-9H,3-7H2,1-2H3;1-2H3;1H4. The van der Waals surface area contributed by atoms with Crippen molar-refractivity contribution in [2.24, 2.45) is 11.8 Å². The van der Waals surface area contributed by atoms with Crippen LogP contribution in [0.5, 0.6) is 0 Å². The van der Waals surface area contributed by atoms with Gasteiger partial charge in [0.1, 0.15) is 0 Å². The van der Waals surface area contributed by atoms with Gasteiger partial charge in [-0.1, -0.05) is 67.2 Å². The van der Waals surface area contributed by atoms with Crippen LogP contribution in [0.2, 0.25) is 0 Å². The van der Waals surface area contributed by atoms with E-state index in [4.69, 9.17) is 0 Å². The van der Waals surface area contributed by atoms with Crippen LogP contribution in [0.1, 0.15) is 67.2 Å². The fourth-order valence-corrected chi connectivity index (χ4v) is 2.19. The molecule has 0 radical (unpaired) electrons. The van der Waals surface area contributed by atoms with Gasteiger partial charge in [-0.05, 0) is 11.8 Å². The van der Waals surface area contributed by atoms with E-state index in [9.17, 15) is 0 Å². The molecule has 0 aromatic heterocycles. The average molecular weight is 172 g/mol. The molecular weight excluding hydrogens is 144 g/mol. The molecule has 2 atom stereocenters. The molecule has 0 aromatic carbocycles. The summed E-state index contributed by atoms with van der Waals surface area (Å²) in [6, 6.07) is 0. The third-order valence-corrected chi connectivity index (χ3v) is 2.87. The molecule has 1 saturated carbocycles. The second-order valence-corrected chi connectivity index (χ2v) is 3.27. The molecule has 0 bridgehead atoms. The van der Waals surface area contributed by atoms with Gasteiger partial charge in [0.25, 0.3) is 0 Å². The smallest absolute Gasteiger partial charge is 0.0389 e. The van der Waals surface area contributed by atoms with Gasteiger partial charge in [-0.15, -0.1) is 0 Å². The molecule has 0 aliphatic heterocycles. The van der Waals surface area contributed by atoms with E-state index < -0.39 is 0 Å². The summed E-state index contributed by atoms with van der Waals surface area (Å²) < 4.78 is 0. The van der Waals surface area contributed by atoms with Gasteiger partial charge in [-0.3, -0.25) is 0 Å². The Bertz CT molecular complexity index is 66.1. The zero-order valence-electron chi connectivity index (χ0n) is 8.69. The highest BCUT2D eigenvalue weighted by molar-refractivity contribution is 4.74. The van der Waals surface area contributed by atoms with Crippen molar-refractivity contribution >= 4 is 0 Å². The Morgan fingerprint density at radius 3 is 1.50 bits per heavy atom. The number of hydrogen-bond donors (Lipinski definition) is 0. The highest BCUT2D eigenvalue weighted by Gasteiger charge is 2.23. The van der Waals surface area contributed by atoms with E-state index in [2.05, 4.69) is 13.8 Å². The molecule has 0 heterocycles. The number of hydrogen-bond acceptors (Lipinski definition) is 0.